The number of nitro benzene ring substituents is 1. The molecule has 1 aromatic heterocycles. The molecule has 0 fully saturated rings. The third kappa shape index (κ3) is 2.59. The van der Waals surface area contributed by atoms with E-state index in [0.717, 1.165) is 5.69 Å². The molecule has 7 nitrogen and oxygen atoms in total. The van der Waals surface area contributed by atoms with Crippen LogP contribution < -0.4 is 5.43 Å². The van der Waals surface area contributed by atoms with Gasteiger partial charge in [0.05, 0.1) is 16.2 Å². The minimum atomic E-state index is -0.445. The van der Waals surface area contributed by atoms with E-state index in [2.05, 4.69) is 15.6 Å². The van der Waals surface area contributed by atoms with Crippen LogP contribution in [0.25, 0.3) is 11.4 Å². The van der Waals surface area contributed by atoms with Gasteiger partial charge in [0.1, 0.15) is 0 Å². The highest BCUT2D eigenvalue weighted by Gasteiger charge is 2.19. The van der Waals surface area contributed by atoms with Crippen molar-refractivity contribution in [2.75, 3.05) is 5.43 Å². The Morgan fingerprint density at radius 2 is 1.82 bits per heavy atom. The highest BCUT2D eigenvalue weighted by atomic mass is 32.1. The minimum absolute atomic E-state index is 0.0346. The third-order valence-corrected chi connectivity index (χ3v) is 3.30. The average Bonchev–Trinajstić information content (AvgIpc) is 2.89. The second-order valence-electron chi connectivity index (χ2n) is 4.44. The molecular weight excluding hydrogens is 302 g/mol. The zero-order valence-electron chi connectivity index (χ0n) is 11.3. The molecule has 110 valence electrons. The minimum Gasteiger partial charge on any atom is -0.290 e. The van der Waals surface area contributed by atoms with Crippen molar-refractivity contribution in [2.24, 2.45) is 0 Å². The fourth-order valence-electron chi connectivity index (χ4n) is 2.05. The number of rotatable bonds is 4. The van der Waals surface area contributed by atoms with Gasteiger partial charge in [-0.05, 0) is 30.4 Å². The molecule has 2 aromatic carbocycles. The molecule has 0 aliphatic heterocycles. The number of hydrogen-bond acceptors (Lipinski definition) is 5. The normalized spacial score (nSPS) is 10.4. The number of benzene rings is 2. The smallest absolute Gasteiger partial charge is 0.280 e. The van der Waals surface area contributed by atoms with E-state index in [1.165, 1.54) is 10.7 Å². The van der Waals surface area contributed by atoms with Gasteiger partial charge in [-0.2, -0.15) is 5.10 Å². The van der Waals surface area contributed by atoms with E-state index in [4.69, 9.17) is 12.2 Å². The van der Waals surface area contributed by atoms with E-state index < -0.39 is 4.92 Å². The zero-order chi connectivity index (χ0) is 15.5. The molecular formula is C14H11N5O2S. The molecule has 0 radical (unpaired) electrons. The van der Waals surface area contributed by atoms with E-state index in [1.807, 2.05) is 30.3 Å². The summed E-state index contributed by atoms with van der Waals surface area (Å²) in [7, 11) is 0. The lowest BCUT2D eigenvalue weighted by atomic mass is 10.2. The van der Waals surface area contributed by atoms with E-state index in [-0.39, 0.29) is 5.69 Å². The summed E-state index contributed by atoms with van der Waals surface area (Å²) in [6, 6.07) is 15.7. The van der Waals surface area contributed by atoms with Gasteiger partial charge in [0, 0.05) is 6.07 Å². The number of aromatic amines is 1. The first-order chi connectivity index (χ1) is 10.7. The van der Waals surface area contributed by atoms with Gasteiger partial charge >= 0.3 is 0 Å². The molecule has 22 heavy (non-hydrogen) atoms. The van der Waals surface area contributed by atoms with Gasteiger partial charge in [-0.25, -0.2) is 9.77 Å². The molecule has 3 aromatic rings. The highest BCUT2D eigenvalue weighted by molar-refractivity contribution is 7.71. The molecule has 2 N–H and O–H groups in total. The SMILES string of the molecule is O=[N+]([O-])c1ccccc1-c1n[nH]c(=S)n1Nc1ccccc1. The van der Waals surface area contributed by atoms with E-state index in [0.29, 0.717) is 16.2 Å². The number of nitrogens with one attached hydrogen (secondary N) is 2. The van der Waals surface area contributed by atoms with Crippen LogP contribution in [0.15, 0.2) is 54.6 Å². The quantitative estimate of drug-likeness (QED) is 0.438. The van der Waals surface area contributed by atoms with Crippen LogP contribution in [-0.4, -0.2) is 19.8 Å². The van der Waals surface area contributed by atoms with Crippen molar-refractivity contribution < 1.29 is 4.92 Å². The van der Waals surface area contributed by atoms with Crippen LogP contribution in [0.1, 0.15) is 0 Å². The Morgan fingerprint density at radius 1 is 1.14 bits per heavy atom. The van der Waals surface area contributed by atoms with Gasteiger partial charge in [0.15, 0.2) is 5.82 Å². The molecule has 0 saturated heterocycles. The van der Waals surface area contributed by atoms with Crippen LogP contribution in [0.2, 0.25) is 0 Å². The van der Waals surface area contributed by atoms with Crippen LogP contribution in [0.4, 0.5) is 11.4 Å². The number of para-hydroxylation sites is 2. The maximum absolute atomic E-state index is 11.2. The van der Waals surface area contributed by atoms with E-state index >= 15 is 0 Å². The summed E-state index contributed by atoms with van der Waals surface area (Å²) in [6.07, 6.45) is 0. The first-order valence-corrected chi connectivity index (χ1v) is 6.81. The van der Waals surface area contributed by atoms with Gasteiger partial charge < -0.3 is 0 Å². The Balaban J connectivity index is 2.11. The predicted molar refractivity (Wildman–Crippen MR) is 85.0 cm³/mol. The Kier molecular flexibility index (Phi) is 3.67. The number of aromatic nitrogens is 3. The van der Waals surface area contributed by atoms with Crippen molar-refractivity contribution >= 4 is 23.6 Å². The summed E-state index contributed by atoms with van der Waals surface area (Å²) in [5, 5.41) is 17.9. The van der Waals surface area contributed by atoms with Crippen LogP contribution in [-0.2, 0) is 0 Å². The largest absolute Gasteiger partial charge is 0.290 e. The molecule has 0 amide bonds. The van der Waals surface area contributed by atoms with E-state index in [9.17, 15) is 10.1 Å². The van der Waals surface area contributed by atoms with Gasteiger partial charge in [-0.1, -0.05) is 30.3 Å². The number of anilines is 1. The molecule has 8 heteroatoms. The van der Waals surface area contributed by atoms with Gasteiger partial charge in [0.25, 0.3) is 5.69 Å². The fraction of sp³-hybridized carbons (Fsp3) is 0. The highest BCUT2D eigenvalue weighted by Crippen LogP contribution is 2.28. The summed E-state index contributed by atoms with van der Waals surface area (Å²) in [5.41, 5.74) is 4.22. The van der Waals surface area contributed by atoms with Crippen molar-refractivity contribution in [3.8, 4) is 11.4 Å². The lowest BCUT2D eigenvalue weighted by Gasteiger charge is -2.09. The Bertz CT molecular complexity index is 872. The summed E-state index contributed by atoms with van der Waals surface area (Å²) < 4.78 is 1.82. The van der Waals surface area contributed by atoms with Gasteiger partial charge in [-0.3, -0.25) is 15.5 Å². The molecule has 0 saturated carbocycles. The number of nitrogens with zero attached hydrogens (tertiary/aromatic N) is 3. The number of H-pyrrole nitrogens is 1. The molecule has 0 aliphatic carbocycles. The standard InChI is InChI=1S/C14H11N5O2S/c20-19(21)12-9-5-4-8-11(12)13-15-16-14(22)18(13)17-10-6-2-1-3-7-10/h1-9,17H,(H,16,22). The predicted octanol–water partition coefficient (Wildman–Crippen LogP) is 3.39. The molecule has 3 rings (SSSR count). The summed E-state index contributed by atoms with van der Waals surface area (Å²) >= 11 is 5.19. The Morgan fingerprint density at radius 3 is 2.55 bits per heavy atom. The van der Waals surface area contributed by atoms with Gasteiger partial charge in [-0.15, -0.1) is 0 Å². The summed E-state index contributed by atoms with van der Waals surface area (Å²) in [5.74, 6) is 0.348. The third-order valence-electron chi connectivity index (χ3n) is 3.03. The second kappa shape index (κ2) is 5.78. The van der Waals surface area contributed by atoms with Crippen molar-refractivity contribution in [2.45, 2.75) is 0 Å². The molecule has 1 heterocycles. The number of nitro groups is 1. The fourth-order valence-corrected chi connectivity index (χ4v) is 2.22. The van der Waals surface area contributed by atoms with Gasteiger partial charge in [0.2, 0.25) is 4.77 Å². The maximum atomic E-state index is 11.2. The topological polar surface area (TPSA) is 88.8 Å². The molecule has 0 atom stereocenters. The lowest BCUT2D eigenvalue weighted by Crippen LogP contribution is -2.11. The second-order valence-corrected chi connectivity index (χ2v) is 4.83. The van der Waals surface area contributed by atoms with Crippen LogP contribution in [0, 0.1) is 14.9 Å². The first kappa shape index (κ1) is 14.0. The van der Waals surface area contributed by atoms with Crippen molar-refractivity contribution in [3.05, 3.63) is 69.5 Å². The van der Waals surface area contributed by atoms with Crippen LogP contribution >= 0.6 is 12.2 Å². The summed E-state index contributed by atoms with van der Waals surface area (Å²) in [4.78, 5) is 10.7. The van der Waals surface area contributed by atoms with Crippen molar-refractivity contribution in [1.82, 2.24) is 14.9 Å². The first-order valence-electron chi connectivity index (χ1n) is 6.40. The van der Waals surface area contributed by atoms with Crippen molar-refractivity contribution in [1.29, 1.82) is 0 Å². The monoisotopic (exact) mass is 313 g/mol. The Labute approximate surface area is 130 Å². The molecule has 0 bridgehead atoms. The number of hydrogen-bond donors (Lipinski definition) is 2. The average molecular weight is 313 g/mol. The lowest BCUT2D eigenvalue weighted by molar-refractivity contribution is -0.384. The molecule has 0 spiro atoms. The zero-order valence-corrected chi connectivity index (χ0v) is 12.1. The van der Waals surface area contributed by atoms with E-state index in [1.54, 1.807) is 18.2 Å². The van der Waals surface area contributed by atoms with Crippen LogP contribution in [0.5, 0.6) is 0 Å². The van der Waals surface area contributed by atoms with Crippen LogP contribution in [0.3, 0.4) is 0 Å². The maximum Gasteiger partial charge on any atom is 0.280 e. The molecule has 0 aliphatic rings. The van der Waals surface area contributed by atoms with Crippen molar-refractivity contribution in [3.63, 3.8) is 0 Å². The molecule has 0 unspecified atom stereocenters. The summed E-state index contributed by atoms with van der Waals surface area (Å²) in [6.45, 7) is 0. The Hall–Kier alpha value is -3.00.